The number of carbonyl (C=O) groups excluding carboxylic acids is 1. The van der Waals surface area contributed by atoms with Gasteiger partial charge >= 0.3 is 0 Å². The minimum atomic E-state index is -0.595. The van der Waals surface area contributed by atoms with Crippen molar-refractivity contribution < 1.29 is 14.3 Å². The quantitative estimate of drug-likeness (QED) is 0.880. The number of para-hydroxylation sites is 1. The molecule has 0 aliphatic carbocycles. The van der Waals surface area contributed by atoms with E-state index in [4.69, 9.17) is 11.6 Å². The Bertz CT molecular complexity index is 643. The van der Waals surface area contributed by atoms with E-state index in [0.717, 1.165) is 6.07 Å². The van der Waals surface area contributed by atoms with Gasteiger partial charge in [0.05, 0.1) is 11.3 Å². The minimum Gasteiger partial charge on any atom is -0.507 e. The number of halogens is 2. The largest absolute Gasteiger partial charge is 0.507 e. The zero-order valence-corrected chi connectivity index (χ0v) is 10.8. The average Bonchev–Trinajstić information content (AvgIpc) is 2.37. The normalized spacial score (nSPS) is 10.3. The molecule has 0 spiro atoms. The summed E-state index contributed by atoms with van der Waals surface area (Å²) < 4.78 is 13.5. The number of phenols is 1. The third-order valence-corrected chi connectivity index (χ3v) is 2.89. The number of rotatable bonds is 2. The molecule has 3 nitrogen and oxygen atoms in total. The molecule has 0 fully saturated rings. The molecule has 0 unspecified atom stereocenters. The summed E-state index contributed by atoms with van der Waals surface area (Å²) in [6.45, 7) is 1.67. The highest BCUT2D eigenvalue weighted by molar-refractivity contribution is 6.31. The monoisotopic (exact) mass is 279 g/mol. The first-order valence-corrected chi connectivity index (χ1v) is 5.92. The Labute approximate surface area is 114 Å². The second-order valence-electron chi connectivity index (χ2n) is 4.05. The minimum absolute atomic E-state index is 0.0293. The predicted octanol–water partition coefficient (Wildman–Crippen LogP) is 3.75. The van der Waals surface area contributed by atoms with E-state index < -0.39 is 11.7 Å². The molecule has 2 N–H and O–H groups in total. The number of benzene rings is 2. The molecule has 0 aliphatic heterocycles. The van der Waals surface area contributed by atoms with Crippen LogP contribution in [0.4, 0.5) is 10.1 Å². The topological polar surface area (TPSA) is 49.3 Å². The van der Waals surface area contributed by atoms with E-state index in [9.17, 15) is 14.3 Å². The lowest BCUT2D eigenvalue weighted by Gasteiger charge is -2.09. The van der Waals surface area contributed by atoms with Crippen molar-refractivity contribution in [2.75, 3.05) is 5.32 Å². The number of phenolic OH excluding ortho intramolecular Hbond substituents is 1. The van der Waals surface area contributed by atoms with Crippen molar-refractivity contribution in [1.29, 1.82) is 0 Å². The first-order valence-electron chi connectivity index (χ1n) is 5.54. The first kappa shape index (κ1) is 13.4. The summed E-state index contributed by atoms with van der Waals surface area (Å²) in [6, 6.07) is 8.62. The molecule has 2 aromatic carbocycles. The lowest BCUT2D eigenvalue weighted by Crippen LogP contribution is -2.13. The van der Waals surface area contributed by atoms with E-state index in [0.29, 0.717) is 10.6 Å². The highest BCUT2D eigenvalue weighted by Crippen LogP contribution is 2.24. The van der Waals surface area contributed by atoms with Gasteiger partial charge < -0.3 is 10.4 Å². The summed E-state index contributed by atoms with van der Waals surface area (Å²) in [6.07, 6.45) is 0. The van der Waals surface area contributed by atoms with Crippen molar-refractivity contribution >= 4 is 23.2 Å². The van der Waals surface area contributed by atoms with E-state index in [1.54, 1.807) is 19.1 Å². The van der Waals surface area contributed by atoms with E-state index in [1.165, 1.54) is 18.2 Å². The lowest BCUT2D eigenvalue weighted by molar-refractivity contribution is 0.102. The van der Waals surface area contributed by atoms with Crippen LogP contribution in [-0.2, 0) is 0 Å². The van der Waals surface area contributed by atoms with Crippen LogP contribution < -0.4 is 5.32 Å². The zero-order chi connectivity index (χ0) is 14.0. The predicted molar refractivity (Wildman–Crippen MR) is 72.2 cm³/mol. The van der Waals surface area contributed by atoms with Crippen LogP contribution in [0.3, 0.4) is 0 Å². The number of nitrogens with one attached hydrogen (secondary N) is 1. The molecule has 0 heterocycles. The van der Waals surface area contributed by atoms with Gasteiger partial charge in [0, 0.05) is 5.02 Å². The second kappa shape index (κ2) is 5.28. The van der Waals surface area contributed by atoms with Crippen LogP contribution >= 0.6 is 11.6 Å². The summed E-state index contributed by atoms with van der Waals surface area (Å²) in [5.74, 6) is -1.31. The molecule has 98 valence electrons. The van der Waals surface area contributed by atoms with Crippen LogP contribution in [0.1, 0.15) is 15.9 Å². The fourth-order valence-electron chi connectivity index (χ4n) is 1.63. The van der Waals surface area contributed by atoms with Gasteiger partial charge in [-0.05, 0) is 36.8 Å². The van der Waals surface area contributed by atoms with Gasteiger partial charge in [0.25, 0.3) is 5.91 Å². The van der Waals surface area contributed by atoms with Gasteiger partial charge in [0.15, 0.2) is 0 Å². The summed E-state index contributed by atoms with van der Waals surface area (Å²) in [5.41, 5.74) is 0.622. The Morgan fingerprint density at radius 1 is 1.32 bits per heavy atom. The van der Waals surface area contributed by atoms with E-state index in [-0.39, 0.29) is 17.0 Å². The van der Waals surface area contributed by atoms with Crippen molar-refractivity contribution in [3.63, 3.8) is 0 Å². The van der Waals surface area contributed by atoms with Crippen LogP contribution in [0.5, 0.6) is 5.75 Å². The number of hydrogen-bond donors (Lipinski definition) is 2. The molecule has 1 amide bonds. The molecule has 19 heavy (non-hydrogen) atoms. The maximum absolute atomic E-state index is 13.5. The number of anilines is 1. The molecule has 0 radical (unpaired) electrons. The van der Waals surface area contributed by atoms with Crippen LogP contribution in [-0.4, -0.2) is 11.0 Å². The number of aromatic hydroxyl groups is 1. The Morgan fingerprint density at radius 3 is 2.79 bits per heavy atom. The molecule has 0 aliphatic rings. The van der Waals surface area contributed by atoms with Gasteiger partial charge in [-0.2, -0.15) is 0 Å². The summed E-state index contributed by atoms with van der Waals surface area (Å²) in [7, 11) is 0. The Balaban J connectivity index is 2.31. The molecular weight excluding hydrogens is 269 g/mol. The molecule has 5 heteroatoms. The van der Waals surface area contributed by atoms with Crippen LogP contribution in [0, 0.1) is 12.7 Å². The number of amides is 1. The first-order chi connectivity index (χ1) is 8.99. The van der Waals surface area contributed by atoms with E-state index in [1.807, 2.05) is 0 Å². The van der Waals surface area contributed by atoms with Gasteiger partial charge in [-0.1, -0.05) is 23.7 Å². The van der Waals surface area contributed by atoms with Crippen molar-refractivity contribution in [3.8, 4) is 5.75 Å². The Morgan fingerprint density at radius 2 is 2.05 bits per heavy atom. The van der Waals surface area contributed by atoms with Crippen molar-refractivity contribution in [1.82, 2.24) is 0 Å². The number of carbonyl (C=O) groups is 1. The molecular formula is C14H11ClFNO2. The van der Waals surface area contributed by atoms with Gasteiger partial charge in [-0.25, -0.2) is 4.39 Å². The number of aryl methyl sites for hydroxylation is 1. The van der Waals surface area contributed by atoms with Gasteiger partial charge in [-0.15, -0.1) is 0 Å². The van der Waals surface area contributed by atoms with E-state index >= 15 is 0 Å². The fraction of sp³-hybridized carbons (Fsp3) is 0.0714. The second-order valence-corrected chi connectivity index (χ2v) is 4.49. The number of hydrogen-bond acceptors (Lipinski definition) is 2. The maximum Gasteiger partial charge on any atom is 0.259 e. The van der Waals surface area contributed by atoms with Gasteiger partial charge in [0.2, 0.25) is 0 Å². The zero-order valence-electron chi connectivity index (χ0n) is 10.1. The summed E-state index contributed by atoms with van der Waals surface area (Å²) in [4.78, 5) is 12.0. The molecule has 2 rings (SSSR count). The van der Waals surface area contributed by atoms with E-state index in [2.05, 4.69) is 5.32 Å². The molecule has 0 saturated heterocycles. The van der Waals surface area contributed by atoms with Crippen molar-refractivity contribution in [2.45, 2.75) is 6.92 Å². The molecule has 0 aromatic heterocycles. The highest BCUT2D eigenvalue weighted by Gasteiger charge is 2.14. The third-order valence-electron chi connectivity index (χ3n) is 2.66. The lowest BCUT2D eigenvalue weighted by atomic mass is 10.1. The fourth-order valence-corrected chi connectivity index (χ4v) is 1.80. The van der Waals surface area contributed by atoms with Crippen LogP contribution in [0.25, 0.3) is 0 Å². The smallest absolute Gasteiger partial charge is 0.259 e. The van der Waals surface area contributed by atoms with Crippen LogP contribution in [0.15, 0.2) is 36.4 Å². The maximum atomic E-state index is 13.5. The summed E-state index contributed by atoms with van der Waals surface area (Å²) >= 11 is 5.74. The van der Waals surface area contributed by atoms with Gasteiger partial charge in [-0.3, -0.25) is 4.79 Å². The third kappa shape index (κ3) is 2.85. The SMILES string of the molecule is Cc1cccc(C(=O)Nc2cc(Cl)ccc2F)c1O. The molecule has 0 atom stereocenters. The van der Waals surface area contributed by atoms with Crippen molar-refractivity contribution in [3.05, 3.63) is 58.4 Å². The molecule has 0 saturated carbocycles. The van der Waals surface area contributed by atoms with Crippen molar-refractivity contribution in [2.24, 2.45) is 0 Å². The summed E-state index contributed by atoms with van der Waals surface area (Å²) in [5, 5.41) is 12.5. The standard InChI is InChI=1S/C14H11ClFNO2/c1-8-3-2-4-10(13(8)18)14(19)17-12-7-9(15)5-6-11(12)16/h2-7,18H,1H3,(H,17,19). The average molecular weight is 280 g/mol. The van der Waals surface area contributed by atoms with Crippen LogP contribution in [0.2, 0.25) is 5.02 Å². The molecule has 2 aromatic rings. The Kier molecular flexibility index (Phi) is 3.71. The Hall–Kier alpha value is -2.07. The highest BCUT2D eigenvalue weighted by atomic mass is 35.5. The molecule has 0 bridgehead atoms. The van der Waals surface area contributed by atoms with Gasteiger partial charge in [0.1, 0.15) is 11.6 Å².